The summed E-state index contributed by atoms with van der Waals surface area (Å²) in [6.45, 7) is 6.99. The van der Waals surface area contributed by atoms with Gasteiger partial charge in [0.05, 0.1) is 6.54 Å². The van der Waals surface area contributed by atoms with E-state index in [1.807, 2.05) is 18.9 Å². The van der Waals surface area contributed by atoms with Gasteiger partial charge in [-0.15, -0.1) is 0 Å². The van der Waals surface area contributed by atoms with E-state index >= 15 is 0 Å². The SMILES string of the molecule is Cc1c(N)nc(C2CC2)nc1N(C)CC(=O)NCC(C)C. The van der Waals surface area contributed by atoms with Crippen molar-refractivity contribution in [2.45, 2.75) is 39.5 Å². The summed E-state index contributed by atoms with van der Waals surface area (Å²) >= 11 is 0. The molecule has 1 heterocycles. The molecule has 0 radical (unpaired) electrons. The molecule has 0 atom stereocenters. The average Bonchev–Trinajstić information content (AvgIpc) is 3.23. The predicted octanol–water partition coefficient (Wildman–Crippen LogP) is 1.45. The fourth-order valence-corrected chi connectivity index (χ4v) is 2.10. The third kappa shape index (κ3) is 4.06. The Hall–Kier alpha value is -1.85. The number of carbonyl (C=O) groups is 1. The highest BCUT2D eigenvalue weighted by Gasteiger charge is 2.28. The second-order valence-electron chi connectivity index (χ2n) is 6.24. The molecule has 6 heteroatoms. The maximum absolute atomic E-state index is 11.9. The van der Waals surface area contributed by atoms with Crippen LogP contribution >= 0.6 is 0 Å². The number of nitrogens with zero attached hydrogens (tertiary/aromatic N) is 3. The molecular formula is C15H25N5O. The zero-order chi connectivity index (χ0) is 15.6. The lowest BCUT2D eigenvalue weighted by atomic mass is 10.2. The fraction of sp³-hybridized carbons (Fsp3) is 0.667. The first kappa shape index (κ1) is 15.5. The van der Waals surface area contributed by atoms with Crippen molar-refractivity contribution in [1.82, 2.24) is 15.3 Å². The van der Waals surface area contributed by atoms with Gasteiger partial charge in [0.2, 0.25) is 5.91 Å². The second-order valence-corrected chi connectivity index (χ2v) is 6.24. The lowest BCUT2D eigenvalue weighted by molar-refractivity contribution is -0.119. The van der Waals surface area contributed by atoms with Gasteiger partial charge in [-0.2, -0.15) is 0 Å². The quantitative estimate of drug-likeness (QED) is 0.829. The topological polar surface area (TPSA) is 84.1 Å². The summed E-state index contributed by atoms with van der Waals surface area (Å²) in [5.74, 6) is 2.95. The Morgan fingerprint density at radius 3 is 2.67 bits per heavy atom. The Morgan fingerprint density at radius 2 is 2.10 bits per heavy atom. The summed E-state index contributed by atoms with van der Waals surface area (Å²) < 4.78 is 0. The van der Waals surface area contributed by atoms with Crippen LogP contribution in [0.15, 0.2) is 0 Å². The number of aromatic nitrogens is 2. The molecule has 116 valence electrons. The summed E-state index contributed by atoms with van der Waals surface area (Å²) in [6, 6.07) is 0. The molecular weight excluding hydrogens is 266 g/mol. The minimum Gasteiger partial charge on any atom is -0.383 e. The van der Waals surface area contributed by atoms with E-state index in [2.05, 4.69) is 29.1 Å². The fourth-order valence-electron chi connectivity index (χ4n) is 2.10. The van der Waals surface area contributed by atoms with Crippen LogP contribution in [-0.4, -0.2) is 36.0 Å². The van der Waals surface area contributed by atoms with Crippen LogP contribution in [0.1, 0.15) is 44.0 Å². The zero-order valence-electron chi connectivity index (χ0n) is 13.3. The molecule has 0 aliphatic heterocycles. The third-order valence-corrected chi connectivity index (χ3v) is 3.57. The van der Waals surface area contributed by atoms with Gasteiger partial charge in [0.15, 0.2) is 0 Å². The Morgan fingerprint density at radius 1 is 1.43 bits per heavy atom. The molecule has 1 saturated carbocycles. The molecule has 0 unspecified atom stereocenters. The molecule has 0 saturated heterocycles. The van der Waals surface area contributed by atoms with E-state index in [9.17, 15) is 4.79 Å². The Kier molecular flexibility index (Phi) is 4.65. The lowest BCUT2D eigenvalue weighted by Gasteiger charge is -2.21. The van der Waals surface area contributed by atoms with Gasteiger partial charge in [-0.25, -0.2) is 9.97 Å². The first-order valence-electron chi connectivity index (χ1n) is 7.50. The number of nitrogen functional groups attached to an aromatic ring is 1. The van der Waals surface area contributed by atoms with Crippen molar-refractivity contribution in [3.05, 3.63) is 11.4 Å². The second kappa shape index (κ2) is 6.28. The summed E-state index contributed by atoms with van der Waals surface area (Å²) in [5.41, 5.74) is 6.81. The van der Waals surface area contributed by atoms with Crippen LogP contribution in [0.4, 0.5) is 11.6 Å². The Balaban J connectivity index is 2.07. The van der Waals surface area contributed by atoms with Gasteiger partial charge in [-0.05, 0) is 25.7 Å². The van der Waals surface area contributed by atoms with Gasteiger partial charge < -0.3 is 16.0 Å². The standard InChI is InChI=1S/C15H25N5O/c1-9(2)7-17-12(21)8-20(4)15-10(3)13(16)18-14(19-15)11-5-6-11/h9,11H,5-8H2,1-4H3,(H,17,21)(H2,16,18,19). The van der Waals surface area contributed by atoms with Crippen molar-refractivity contribution in [2.75, 3.05) is 30.8 Å². The number of carbonyl (C=O) groups excluding carboxylic acids is 1. The smallest absolute Gasteiger partial charge is 0.239 e. The van der Waals surface area contributed by atoms with E-state index in [-0.39, 0.29) is 12.5 Å². The number of anilines is 2. The van der Waals surface area contributed by atoms with Crippen LogP contribution in [0.25, 0.3) is 0 Å². The van der Waals surface area contributed by atoms with E-state index in [4.69, 9.17) is 5.73 Å². The number of nitrogens with one attached hydrogen (secondary N) is 1. The Bertz CT molecular complexity index is 525. The Labute approximate surface area is 126 Å². The van der Waals surface area contributed by atoms with E-state index < -0.39 is 0 Å². The monoisotopic (exact) mass is 291 g/mol. The predicted molar refractivity (Wildman–Crippen MR) is 84.3 cm³/mol. The van der Waals surface area contributed by atoms with E-state index in [1.54, 1.807) is 0 Å². The highest BCUT2D eigenvalue weighted by Crippen LogP contribution is 2.39. The molecule has 1 aromatic heterocycles. The first-order chi connectivity index (χ1) is 9.88. The lowest BCUT2D eigenvalue weighted by Crippen LogP contribution is -2.37. The molecule has 1 fully saturated rings. The summed E-state index contributed by atoms with van der Waals surface area (Å²) in [7, 11) is 1.86. The molecule has 0 aromatic carbocycles. The van der Waals surface area contributed by atoms with Crippen molar-refractivity contribution in [2.24, 2.45) is 5.92 Å². The average molecular weight is 291 g/mol. The van der Waals surface area contributed by atoms with Crippen LogP contribution in [0.2, 0.25) is 0 Å². The van der Waals surface area contributed by atoms with E-state index in [1.165, 1.54) is 0 Å². The first-order valence-corrected chi connectivity index (χ1v) is 7.50. The minimum absolute atomic E-state index is 0.00393. The van der Waals surface area contributed by atoms with Crippen LogP contribution in [-0.2, 0) is 4.79 Å². The number of amides is 1. The normalized spacial score (nSPS) is 14.3. The largest absolute Gasteiger partial charge is 0.383 e. The van der Waals surface area contributed by atoms with Gasteiger partial charge in [0.1, 0.15) is 17.5 Å². The highest BCUT2D eigenvalue weighted by molar-refractivity contribution is 5.81. The van der Waals surface area contributed by atoms with Crippen molar-refractivity contribution < 1.29 is 4.79 Å². The van der Waals surface area contributed by atoms with Crippen molar-refractivity contribution in [3.8, 4) is 0 Å². The number of likely N-dealkylation sites (N-methyl/N-ethyl adjacent to an activating group) is 1. The van der Waals surface area contributed by atoms with Crippen LogP contribution in [0.3, 0.4) is 0 Å². The van der Waals surface area contributed by atoms with Crippen LogP contribution in [0, 0.1) is 12.8 Å². The number of rotatable bonds is 6. The third-order valence-electron chi connectivity index (χ3n) is 3.57. The molecule has 3 N–H and O–H groups in total. The number of hydrogen-bond acceptors (Lipinski definition) is 5. The maximum atomic E-state index is 11.9. The van der Waals surface area contributed by atoms with E-state index in [0.717, 1.165) is 30.0 Å². The highest BCUT2D eigenvalue weighted by atomic mass is 16.2. The molecule has 1 aliphatic rings. The van der Waals surface area contributed by atoms with E-state index in [0.29, 0.717) is 24.2 Å². The van der Waals surface area contributed by atoms with Gasteiger partial charge in [0, 0.05) is 25.1 Å². The van der Waals surface area contributed by atoms with Crippen LogP contribution in [0.5, 0.6) is 0 Å². The summed E-state index contributed by atoms with van der Waals surface area (Å²) in [4.78, 5) is 22.7. The molecule has 1 amide bonds. The number of nitrogens with two attached hydrogens (primary N) is 1. The molecule has 0 spiro atoms. The molecule has 21 heavy (non-hydrogen) atoms. The van der Waals surface area contributed by atoms with Gasteiger partial charge in [-0.1, -0.05) is 13.8 Å². The summed E-state index contributed by atoms with van der Waals surface area (Å²) in [6.07, 6.45) is 2.25. The van der Waals surface area contributed by atoms with Crippen molar-refractivity contribution >= 4 is 17.5 Å². The molecule has 1 aliphatic carbocycles. The minimum atomic E-state index is -0.00393. The molecule has 6 nitrogen and oxygen atoms in total. The summed E-state index contributed by atoms with van der Waals surface area (Å²) in [5, 5.41) is 2.91. The van der Waals surface area contributed by atoms with Crippen LogP contribution < -0.4 is 16.0 Å². The molecule has 0 bridgehead atoms. The van der Waals surface area contributed by atoms with Gasteiger partial charge in [-0.3, -0.25) is 4.79 Å². The maximum Gasteiger partial charge on any atom is 0.239 e. The van der Waals surface area contributed by atoms with Gasteiger partial charge in [0.25, 0.3) is 0 Å². The van der Waals surface area contributed by atoms with Crippen molar-refractivity contribution in [1.29, 1.82) is 0 Å². The molecule has 2 rings (SSSR count). The molecule has 1 aromatic rings. The van der Waals surface area contributed by atoms with Gasteiger partial charge >= 0.3 is 0 Å². The van der Waals surface area contributed by atoms with Crippen molar-refractivity contribution in [3.63, 3.8) is 0 Å². The zero-order valence-corrected chi connectivity index (χ0v) is 13.3. The number of hydrogen-bond donors (Lipinski definition) is 2.